The molecule has 0 unspecified atom stereocenters. The molecule has 23 heavy (non-hydrogen) atoms. The van der Waals surface area contributed by atoms with Gasteiger partial charge in [0.2, 0.25) is 10.0 Å². The maximum absolute atomic E-state index is 12.2. The van der Waals surface area contributed by atoms with Crippen LogP contribution in [0.25, 0.3) is 11.1 Å². The van der Waals surface area contributed by atoms with Crippen LogP contribution in [0.1, 0.15) is 12.8 Å². The number of ether oxygens (including phenoxy) is 1. The highest BCUT2D eigenvalue weighted by atomic mass is 32.2. The van der Waals surface area contributed by atoms with Gasteiger partial charge in [-0.3, -0.25) is 9.78 Å². The number of benzene rings is 1. The second-order valence-electron chi connectivity index (χ2n) is 4.84. The summed E-state index contributed by atoms with van der Waals surface area (Å²) in [5.41, 5.74) is 1.81. The van der Waals surface area contributed by atoms with E-state index in [4.69, 9.17) is 0 Å². The number of carbonyl (C=O) groups excluding carboxylic acids is 1. The Morgan fingerprint density at radius 3 is 2.52 bits per heavy atom. The zero-order valence-corrected chi connectivity index (χ0v) is 13.5. The molecule has 0 aliphatic rings. The SMILES string of the molecule is COC(=O)CCCNS(=O)(=O)c1ccc(-c2cccnc2)cc1. The summed E-state index contributed by atoms with van der Waals surface area (Å²) in [5, 5.41) is 0. The van der Waals surface area contributed by atoms with Crippen LogP contribution in [0.15, 0.2) is 53.7 Å². The number of hydrogen-bond donors (Lipinski definition) is 1. The highest BCUT2D eigenvalue weighted by Gasteiger charge is 2.13. The summed E-state index contributed by atoms with van der Waals surface area (Å²) < 4.78 is 31.3. The Hall–Kier alpha value is -2.25. The largest absolute Gasteiger partial charge is 0.469 e. The molecule has 0 amide bonds. The summed E-state index contributed by atoms with van der Waals surface area (Å²) >= 11 is 0. The van der Waals surface area contributed by atoms with E-state index in [2.05, 4.69) is 14.4 Å². The van der Waals surface area contributed by atoms with E-state index in [1.165, 1.54) is 7.11 Å². The fraction of sp³-hybridized carbons (Fsp3) is 0.250. The fourth-order valence-corrected chi connectivity index (χ4v) is 3.06. The van der Waals surface area contributed by atoms with Crippen molar-refractivity contribution in [2.75, 3.05) is 13.7 Å². The van der Waals surface area contributed by atoms with Gasteiger partial charge in [-0.1, -0.05) is 18.2 Å². The van der Waals surface area contributed by atoms with Gasteiger partial charge in [0.25, 0.3) is 0 Å². The molecule has 2 aromatic rings. The third-order valence-electron chi connectivity index (χ3n) is 3.24. The number of hydrogen-bond acceptors (Lipinski definition) is 5. The third-order valence-corrected chi connectivity index (χ3v) is 4.71. The first kappa shape index (κ1) is 17.1. The number of nitrogens with zero attached hydrogens (tertiary/aromatic N) is 1. The molecule has 0 fully saturated rings. The van der Waals surface area contributed by atoms with E-state index in [9.17, 15) is 13.2 Å². The molecule has 0 aliphatic carbocycles. The molecule has 1 aromatic carbocycles. The van der Waals surface area contributed by atoms with Crippen molar-refractivity contribution >= 4 is 16.0 Å². The Morgan fingerprint density at radius 2 is 1.91 bits per heavy atom. The first-order valence-corrected chi connectivity index (χ1v) is 8.58. The van der Waals surface area contributed by atoms with Gasteiger partial charge in [0.15, 0.2) is 0 Å². The molecule has 0 aliphatic heterocycles. The zero-order chi connectivity index (χ0) is 16.7. The molecule has 0 radical (unpaired) electrons. The van der Waals surface area contributed by atoms with Gasteiger partial charge in [-0.05, 0) is 35.7 Å². The van der Waals surface area contributed by atoms with Crippen molar-refractivity contribution < 1.29 is 17.9 Å². The van der Waals surface area contributed by atoms with Crippen LogP contribution in [-0.2, 0) is 19.6 Å². The lowest BCUT2D eigenvalue weighted by molar-refractivity contribution is -0.140. The van der Waals surface area contributed by atoms with Crippen molar-refractivity contribution in [3.63, 3.8) is 0 Å². The van der Waals surface area contributed by atoms with Gasteiger partial charge in [-0.15, -0.1) is 0 Å². The summed E-state index contributed by atoms with van der Waals surface area (Å²) in [4.78, 5) is 15.2. The second kappa shape index (κ2) is 7.85. The molecule has 122 valence electrons. The Morgan fingerprint density at radius 1 is 1.17 bits per heavy atom. The fourth-order valence-electron chi connectivity index (χ4n) is 1.98. The molecule has 1 heterocycles. The highest BCUT2D eigenvalue weighted by molar-refractivity contribution is 7.89. The molecule has 1 aromatic heterocycles. The van der Waals surface area contributed by atoms with Gasteiger partial charge in [0.1, 0.15) is 0 Å². The van der Waals surface area contributed by atoms with E-state index in [1.54, 1.807) is 36.7 Å². The van der Waals surface area contributed by atoms with Gasteiger partial charge in [0, 0.05) is 25.4 Å². The minimum Gasteiger partial charge on any atom is -0.469 e. The Labute approximate surface area is 135 Å². The minimum absolute atomic E-state index is 0.180. The number of esters is 1. The highest BCUT2D eigenvalue weighted by Crippen LogP contribution is 2.20. The van der Waals surface area contributed by atoms with Gasteiger partial charge in [-0.25, -0.2) is 13.1 Å². The Bertz CT molecular complexity index is 743. The van der Waals surface area contributed by atoms with Crippen LogP contribution >= 0.6 is 0 Å². The van der Waals surface area contributed by atoms with Gasteiger partial charge < -0.3 is 4.74 Å². The first-order valence-electron chi connectivity index (χ1n) is 7.10. The van der Waals surface area contributed by atoms with Crippen molar-refractivity contribution in [2.45, 2.75) is 17.7 Å². The van der Waals surface area contributed by atoms with Crippen LogP contribution < -0.4 is 4.72 Å². The summed E-state index contributed by atoms with van der Waals surface area (Å²) in [6, 6.07) is 10.3. The number of rotatable bonds is 7. The van der Waals surface area contributed by atoms with Crippen LogP contribution in [-0.4, -0.2) is 33.0 Å². The van der Waals surface area contributed by atoms with Crippen molar-refractivity contribution in [3.8, 4) is 11.1 Å². The summed E-state index contributed by atoms with van der Waals surface area (Å²) in [7, 11) is -2.28. The van der Waals surface area contributed by atoms with Crippen molar-refractivity contribution in [1.82, 2.24) is 9.71 Å². The minimum atomic E-state index is -3.58. The first-order chi connectivity index (χ1) is 11.0. The second-order valence-corrected chi connectivity index (χ2v) is 6.61. The topological polar surface area (TPSA) is 85.4 Å². The Kier molecular flexibility index (Phi) is 5.84. The molecule has 0 spiro atoms. The molecule has 0 saturated heterocycles. The van der Waals surface area contributed by atoms with E-state index in [1.807, 2.05) is 12.1 Å². The Balaban J connectivity index is 1.99. The van der Waals surface area contributed by atoms with Gasteiger partial charge >= 0.3 is 5.97 Å². The number of aromatic nitrogens is 1. The predicted molar refractivity (Wildman–Crippen MR) is 86.1 cm³/mol. The molecule has 0 bridgehead atoms. The van der Waals surface area contributed by atoms with Gasteiger partial charge in [0.05, 0.1) is 12.0 Å². The molecule has 2 rings (SSSR count). The van der Waals surface area contributed by atoms with Crippen molar-refractivity contribution in [2.24, 2.45) is 0 Å². The van der Waals surface area contributed by atoms with E-state index in [0.29, 0.717) is 6.42 Å². The van der Waals surface area contributed by atoms with Crippen LogP contribution in [0.4, 0.5) is 0 Å². The average Bonchev–Trinajstić information content (AvgIpc) is 2.59. The lowest BCUT2D eigenvalue weighted by Gasteiger charge is -2.07. The van der Waals surface area contributed by atoms with E-state index >= 15 is 0 Å². The maximum atomic E-state index is 12.2. The summed E-state index contributed by atoms with van der Waals surface area (Å²) in [6.07, 6.45) is 3.97. The third kappa shape index (κ3) is 4.87. The molecular weight excluding hydrogens is 316 g/mol. The van der Waals surface area contributed by atoms with Crippen molar-refractivity contribution in [1.29, 1.82) is 0 Å². The normalized spacial score (nSPS) is 11.2. The van der Waals surface area contributed by atoms with E-state index < -0.39 is 10.0 Å². The molecule has 7 heteroatoms. The lowest BCUT2D eigenvalue weighted by atomic mass is 10.1. The smallest absolute Gasteiger partial charge is 0.305 e. The molecular formula is C16H18N2O4S. The van der Waals surface area contributed by atoms with Crippen LogP contribution in [0.2, 0.25) is 0 Å². The number of sulfonamides is 1. The van der Waals surface area contributed by atoms with Gasteiger partial charge in [-0.2, -0.15) is 0 Å². The number of methoxy groups -OCH3 is 1. The quantitative estimate of drug-likeness (QED) is 0.618. The number of carbonyl (C=O) groups is 1. The lowest BCUT2D eigenvalue weighted by Crippen LogP contribution is -2.25. The standard InChI is InChI=1S/C16H18N2O4S/c1-22-16(19)5-3-11-18-23(20,21)15-8-6-13(7-9-15)14-4-2-10-17-12-14/h2,4,6-10,12,18H,3,5,11H2,1H3. The summed E-state index contributed by atoms with van der Waals surface area (Å²) in [6.45, 7) is 0.182. The van der Waals surface area contributed by atoms with Crippen LogP contribution in [0.5, 0.6) is 0 Å². The summed E-state index contributed by atoms with van der Waals surface area (Å²) in [5.74, 6) is -0.356. The predicted octanol–water partition coefficient (Wildman–Crippen LogP) is 1.98. The van der Waals surface area contributed by atoms with E-state index in [0.717, 1.165) is 11.1 Å². The van der Waals surface area contributed by atoms with Crippen molar-refractivity contribution in [3.05, 3.63) is 48.8 Å². The van der Waals surface area contributed by atoms with E-state index in [-0.39, 0.29) is 23.8 Å². The number of nitrogens with one attached hydrogen (secondary N) is 1. The number of pyridine rings is 1. The maximum Gasteiger partial charge on any atom is 0.305 e. The van der Waals surface area contributed by atoms with Crippen LogP contribution in [0, 0.1) is 0 Å². The van der Waals surface area contributed by atoms with Crippen LogP contribution in [0.3, 0.4) is 0 Å². The molecule has 1 N–H and O–H groups in total. The molecule has 0 saturated carbocycles. The molecule has 6 nitrogen and oxygen atoms in total. The zero-order valence-electron chi connectivity index (χ0n) is 12.7. The monoisotopic (exact) mass is 334 g/mol. The molecule has 0 atom stereocenters. The average molecular weight is 334 g/mol.